The van der Waals surface area contributed by atoms with Crippen molar-refractivity contribution < 1.29 is 4.42 Å². The molecule has 2 nitrogen and oxygen atoms in total. The molecular formula is C58H37NOS. The van der Waals surface area contributed by atoms with Gasteiger partial charge < -0.3 is 9.32 Å². The second-order valence-corrected chi connectivity index (χ2v) is 16.7. The minimum atomic E-state index is 0.892. The molecule has 2 heterocycles. The summed E-state index contributed by atoms with van der Waals surface area (Å²) < 4.78 is 9.15. The zero-order valence-electron chi connectivity index (χ0n) is 33.1. The van der Waals surface area contributed by atoms with E-state index in [0.717, 1.165) is 61.3 Å². The van der Waals surface area contributed by atoms with Crippen molar-refractivity contribution in [3.8, 4) is 44.5 Å². The second-order valence-electron chi connectivity index (χ2n) is 15.6. The summed E-state index contributed by atoms with van der Waals surface area (Å²) in [4.78, 5) is 2.40. The molecule has 0 saturated carbocycles. The monoisotopic (exact) mass is 795 g/mol. The maximum absolute atomic E-state index is 6.51. The highest BCUT2D eigenvalue weighted by Crippen LogP contribution is 2.44. The Balaban J connectivity index is 0.955. The van der Waals surface area contributed by atoms with Crippen molar-refractivity contribution in [2.75, 3.05) is 4.90 Å². The summed E-state index contributed by atoms with van der Waals surface area (Å²) in [6.45, 7) is 0. The molecule has 2 aromatic heterocycles. The van der Waals surface area contributed by atoms with Gasteiger partial charge in [-0.2, -0.15) is 0 Å². The highest BCUT2D eigenvalue weighted by Gasteiger charge is 2.19. The molecule has 10 aromatic carbocycles. The van der Waals surface area contributed by atoms with Crippen molar-refractivity contribution in [2.45, 2.75) is 0 Å². The number of hydrogen-bond donors (Lipinski definition) is 0. The minimum Gasteiger partial charge on any atom is -0.455 e. The predicted octanol–water partition coefficient (Wildman–Crippen LogP) is 17.2. The van der Waals surface area contributed by atoms with Crippen LogP contribution in [0, 0.1) is 0 Å². The lowest BCUT2D eigenvalue weighted by Gasteiger charge is -2.28. The average Bonchev–Trinajstić information content (AvgIpc) is 3.90. The van der Waals surface area contributed by atoms with E-state index in [4.69, 9.17) is 4.42 Å². The lowest BCUT2D eigenvalue weighted by atomic mass is 9.96. The molecule has 0 spiro atoms. The van der Waals surface area contributed by atoms with Crippen LogP contribution in [0.5, 0.6) is 0 Å². The molecule has 0 aliphatic heterocycles. The first kappa shape index (κ1) is 35.2. The molecule has 0 fully saturated rings. The van der Waals surface area contributed by atoms with Crippen LogP contribution in [0.25, 0.3) is 97.4 Å². The fourth-order valence-electron chi connectivity index (χ4n) is 9.11. The normalized spacial score (nSPS) is 11.6. The molecule has 61 heavy (non-hydrogen) atoms. The molecule has 0 N–H and O–H groups in total. The first-order valence-electron chi connectivity index (χ1n) is 20.7. The van der Waals surface area contributed by atoms with E-state index >= 15 is 0 Å². The van der Waals surface area contributed by atoms with E-state index in [-0.39, 0.29) is 0 Å². The molecule has 0 saturated heterocycles. The zero-order valence-corrected chi connectivity index (χ0v) is 33.9. The van der Waals surface area contributed by atoms with Crippen LogP contribution < -0.4 is 4.90 Å². The molecule has 12 aromatic rings. The van der Waals surface area contributed by atoms with Crippen LogP contribution in [0.15, 0.2) is 229 Å². The van der Waals surface area contributed by atoms with Gasteiger partial charge in [-0.1, -0.05) is 170 Å². The molecule has 0 unspecified atom stereocenters. The van der Waals surface area contributed by atoms with Crippen LogP contribution in [0.4, 0.5) is 17.1 Å². The lowest BCUT2D eigenvalue weighted by Crippen LogP contribution is -2.10. The van der Waals surface area contributed by atoms with Crippen molar-refractivity contribution >= 4 is 81.3 Å². The number of fused-ring (bicyclic) bond motifs is 7. The molecule has 3 heteroatoms. The summed E-state index contributed by atoms with van der Waals surface area (Å²) in [5, 5.41) is 7.30. The van der Waals surface area contributed by atoms with Crippen molar-refractivity contribution in [1.29, 1.82) is 0 Å². The Labute approximate surface area is 357 Å². The number of furan rings is 1. The van der Waals surface area contributed by atoms with E-state index in [1.165, 1.54) is 53.2 Å². The van der Waals surface area contributed by atoms with Crippen LogP contribution in [-0.2, 0) is 0 Å². The Morgan fingerprint density at radius 1 is 0.311 bits per heavy atom. The SMILES string of the molecule is c1ccc(-c2ccc(N(c3ccc(-c4ccc5c(c4)sc4ccccc45)cc3)c3ccc(-c4ccc5oc6c(-c7ccccc7)cccc6c5c4)cc3)c3ccccc23)cc1. The molecule has 0 bridgehead atoms. The Kier molecular flexibility index (Phi) is 8.39. The van der Waals surface area contributed by atoms with E-state index in [2.05, 4.69) is 223 Å². The molecule has 0 aliphatic carbocycles. The summed E-state index contributed by atoms with van der Waals surface area (Å²) in [7, 11) is 0. The Bertz CT molecular complexity index is 3570. The van der Waals surface area contributed by atoms with Gasteiger partial charge in [0, 0.05) is 53.3 Å². The van der Waals surface area contributed by atoms with Crippen LogP contribution in [0.1, 0.15) is 0 Å². The van der Waals surface area contributed by atoms with E-state index < -0.39 is 0 Å². The number of hydrogen-bond acceptors (Lipinski definition) is 3. The molecule has 0 radical (unpaired) electrons. The molecule has 0 amide bonds. The molecule has 0 atom stereocenters. The summed E-state index contributed by atoms with van der Waals surface area (Å²) in [5.41, 5.74) is 14.5. The fourth-order valence-corrected chi connectivity index (χ4v) is 10.3. The quantitative estimate of drug-likeness (QED) is 0.160. The van der Waals surface area contributed by atoms with Gasteiger partial charge in [0.05, 0.1) is 5.69 Å². The highest BCUT2D eigenvalue weighted by atomic mass is 32.1. The molecule has 12 rings (SSSR count). The Morgan fingerprint density at radius 3 is 1.59 bits per heavy atom. The molecule has 286 valence electrons. The van der Waals surface area contributed by atoms with Gasteiger partial charge in [-0.05, 0) is 98.9 Å². The first-order chi connectivity index (χ1) is 30.2. The predicted molar refractivity (Wildman–Crippen MR) is 261 cm³/mol. The van der Waals surface area contributed by atoms with Gasteiger partial charge in [0.2, 0.25) is 0 Å². The van der Waals surface area contributed by atoms with Crippen molar-refractivity contribution in [3.05, 3.63) is 224 Å². The van der Waals surface area contributed by atoms with Crippen LogP contribution in [0.2, 0.25) is 0 Å². The third-order valence-corrected chi connectivity index (χ3v) is 13.2. The summed E-state index contributed by atoms with van der Waals surface area (Å²) in [6.07, 6.45) is 0. The Hall–Kier alpha value is -7.72. The summed E-state index contributed by atoms with van der Waals surface area (Å²) in [6, 6.07) is 81.1. The summed E-state index contributed by atoms with van der Waals surface area (Å²) >= 11 is 1.86. The molecule has 0 aliphatic rings. The van der Waals surface area contributed by atoms with Gasteiger partial charge in [-0.25, -0.2) is 0 Å². The van der Waals surface area contributed by atoms with Gasteiger partial charge >= 0.3 is 0 Å². The van der Waals surface area contributed by atoms with Gasteiger partial charge in [0.1, 0.15) is 11.2 Å². The standard InChI is InChI=1S/C58H37NOS/c1-3-12-40(13-4-1)46-33-34-54(49-17-8-7-16-48(46)49)59(45-30-24-39(25-31-45)43-26-32-51-50-18-9-10-21-56(50)61-57(51)37-43)44-28-22-38(23-29-44)42-27-35-55-53(36-42)52-20-11-19-47(58(52)60-55)41-14-5-2-6-15-41/h1-37H. The van der Waals surface area contributed by atoms with E-state index in [0.29, 0.717) is 0 Å². The molecular weight excluding hydrogens is 759 g/mol. The number of anilines is 3. The average molecular weight is 796 g/mol. The first-order valence-corrected chi connectivity index (χ1v) is 21.6. The van der Waals surface area contributed by atoms with Crippen molar-refractivity contribution in [1.82, 2.24) is 0 Å². The summed E-state index contributed by atoms with van der Waals surface area (Å²) in [5.74, 6) is 0. The third-order valence-electron chi connectivity index (χ3n) is 12.1. The van der Waals surface area contributed by atoms with Gasteiger partial charge in [0.25, 0.3) is 0 Å². The maximum atomic E-state index is 6.51. The minimum absolute atomic E-state index is 0.892. The second kappa shape index (κ2) is 14.5. The number of nitrogens with zero attached hydrogens (tertiary/aromatic N) is 1. The smallest absolute Gasteiger partial charge is 0.143 e. The van der Waals surface area contributed by atoms with E-state index in [1.807, 2.05) is 17.4 Å². The van der Waals surface area contributed by atoms with E-state index in [9.17, 15) is 0 Å². The Morgan fingerprint density at radius 2 is 0.869 bits per heavy atom. The lowest BCUT2D eigenvalue weighted by molar-refractivity contribution is 0.670. The largest absolute Gasteiger partial charge is 0.455 e. The third kappa shape index (κ3) is 6.09. The number of benzene rings is 10. The number of para-hydroxylation sites is 1. The van der Waals surface area contributed by atoms with Gasteiger partial charge in [-0.3, -0.25) is 0 Å². The van der Waals surface area contributed by atoms with Gasteiger partial charge in [-0.15, -0.1) is 11.3 Å². The highest BCUT2D eigenvalue weighted by molar-refractivity contribution is 7.25. The van der Waals surface area contributed by atoms with Crippen LogP contribution >= 0.6 is 11.3 Å². The number of rotatable bonds is 7. The van der Waals surface area contributed by atoms with Crippen molar-refractivity contribution in [2.24, 2.45) is 0 Å². The fraction of sp³-hybridized carbons (Fsp3) is 0. The zero-order chi connectivity index (χ0) is 40.3. The van der Waals surface area contributed by atoms with E-state index in [1.54, 1.807) is 0 Å². The van der Waals surface area contributed by atoms with Crippen LogP contribution in [0.3, 0.4) is 0 Å². The maximum Gasteiger partial charge on any atom is 0.143 e. The number of thiophene rings is 1. The van der Waals surface area contributed by atoms with Gasteiger partial charge in [0.15, 0.2) is 0 Å². The van der Waals surface area contributed by atoms with Crippen molar-refractivity contribution in [3.63, 3.8) is 0 Å². The topological polar surface area (TPSA) is 16.4 Å². The van der Waals surface area contributed by atoms with Crippen LogP contribution in [-0.4, -0.2) is 0 Å².